The molecule has 2 atom stereocenters. The van der Waals surface area contributed by atoms with Gasteiger partial charge in [-0.1, -0.05) is 6.92 Å². The summed E-state index contributed by atoms with van der Waals surface area (Å²) in [6.45, 7) is 4.25. The Hall–Kier alpha value is -2.08. The molecule has 2 aromatic rings. The number of furan rings is 1. The average Bonchev–Trinajstić information content (AvgIpc) is 3.09. The Morgan fingerprint density at radius 2 is 2.30 bits per heavy atom. The first-order valence-corrected chi connectivity index (χ1v) is 6.58. The summed E-state index contributed by atoms with van der Waals surface area (Å²) in [6, 6.07) is 5.11. The van der Waals surface area contributed by atoms with Crippen LogP contribution in [-0.2, 0) is 6.54 Å². The van der Waals surface area contributed by atoms with Crippen LogP contribution in [0.2, 0.25) is 0 Å². The number of aliphatic hydroxyl groups is 1. The molecule has 0 aliphatic rings. The van der Waals surface area contributed by atoms with E-state index in [-0.39, 0.29) is 30.2 Å². The van der Waals surface area contributed by atoms with Crippen molar-refractivity contribution in [3.63, 3.8) is 0 Å². The number of aliphatic hydroxyl groups excluding tert-OH is 1. The summed E-state index contributed by atoms with van der Waals surface area (Å²) >= 11 is 0. The first-order valence-electron chi connectivity index (χ1n) is 6.58. The second-order valence-electron chi connectivity index (χ2n) is 4.89. The highest BCUT2D eigenvalue weighted by Crippen LogP contribution is 2.10. The molecular formula is C14H19N3O3. The molecule has 0 aliphatic carbocycles. The number of hydrogen-bond acceptors (Lipinski definition) is 4. The van der Waals surface area contributed by atoms with E-state index in [1.54, 1.807) is 23.0 Å². The van der Waals surface area contributed by atoms with Gasteiger partial charge in [-0.15, -0.1) is 0 Å². The Morgan fingerprint density at radius 3 is 2.95 bits per heavy atom. The molecule has 0 fully saturated rings. The van der Waals surface area contributed by atoms with Crippen LogP contribution in [0, 0.1) is 5.92 Å². The van der Waals surface area contributed by atoms with Gasteiger partial charge < -0.3 is 14.8 Å². The first-order chi connectivity index (χ1) is 9.60. The number of hydrogen-bond donors (Lipinski definition) is 2. The largest absolute Gasteiger partial charge is 0.454 e. The van der Waals surface area contributed by atoms with E-state index in [9.17, 15) is 4.79 Å². The molecule has 0 radical (unpaired) electrons. The Balaban J connectivity index is 1.96. The molecule has 1 amide bonds. The van der Waals surface area contributed by atoms with Crippen molar-refractivity contribution in [2.24, 2.45) is 5.92 Å². The molecule has 6 heteroatoms. The Bertz CT molecular complexity index is 548. The molecule has 0 aromatic carbocycles. The molecule has 2 rings (SSSR count). The van der Waals surface area contributed by atoms with Crippen LogP contribution in [0.5, 0.6) is 0 Å². The van der Waals surface area contributed by atoms with E-state index < -0.39 is 0 Å². The predicted octanol–water partition coefficient (Wildman–Crippen LogP) is 1.27. The van der Waals surface area contributed by atoms with Crippen molar-refractivity contribution in [2.75, 3.05) is 6.61 Å². The maximum Gasteiger partial charge on any atom is 0.287 e. The standard InChI is InChI=1S/C14H19N3O3/c1-10(9-18)11(2)16-14(19)13-5-4-12(20-13)8-17-7-3-6-15-17/h3-7,10-11,18H,8-9H2,1-2H3,(H,16,19). The minimum absolute atomic E-state index is 0.00235. The molecule has 2 N–H and O–H groups in total. The summed E-state index contributed by atoms with van der Waals surface area (Å²) in [6.07, 6.45) is 3.52. The number of rotatable bonds is 6. The molecule has 108 valence electrons. The van der Waals surface area contributed by atoms with Gasteiger partial charge in [-0.25, -0.2) is 0 Å². The Labute approximate surface area is 117 Å². The van der Waals surface area contributed by atoms with E-state index in [4.69, 9.17) is 9.52 Å². The van der Waals surface area contributed by atoms with Crippen molar-refractivity contribution in [2.45, 2.75) is 26.4 Å². The van der Waals surface area contributed by atoms with Crippen molar-refractivity contribution in [1.82, 2.24) is 15.1 Å². The minimum Gasteiger partial charge on any atom is -0.454 e. The number of nitrogens with one attached hydrogen (secondary N) is 1. The van der Waals surface area contributed by atoms with Crippen LogP contribution in [0.4, 0.5) is 0 Å². The third kappa shape index (κ3) is 3.48. The van der Waals surface area contributed by atoms with Gasteiger partial charge in [0.05, 0.1) is 6.54 Å². The molecule has 0 aliphatic heterocycles. The van der Waals surface area contributed by atoms with Gasteiger partial charge in [-0.2, -0.15) is 5.10 Å². The molecule has 2 heterocycles. The third-order valence-corrected chi connectivity index (χ3v) is 3.26. The molecule has 0 bridgehead atoms. The second kappa shape index (κ2) is 6.38. The summed E-state index contributed by atoms with van der Waals surface area (Å²) in [5, 5.41) is 15.9. The zero-order valence-corrected chi connectivity index (χ0v) is 11.6. The Morgan fingerprint density at radius 1 is 1.50 bits per heavy atom. The maximum absolute atomic E-state index is 12.0. The number of carbonyl (C=O) groups is 1. The molecule has 20 heavy (non-hydrogen) atoms. The molecule has 2 unspecified atom stereocenters. The van der Waals surface area contributed by atoms with Crippen molar-refractivity contribution < 1.29 is 14.3 Å². The third-order valence-electron chi connectivity index (χ3n) is 3.26. The van der Waals surface area contributed by atoms with Crippen molar-refractivity contribution in [3.05, 3.63) is 42.1 Å². The van der Waals surface area contributed by atoms with E-state index in [1.807, 2.05) is 26.1 Å². The SMILES string of the molecule is CC(CO)C(C)NC(=O)c1ccc(Cn2cccn2)o1. The first kappa shape index (κ1) is 14.3. The lowest BCUT2D eigenvalue weighted by Gasteiger charge is -2.18. The molecule has 0 saturated heterocycles. The number of amides is 1. The fourth-order valence-corrected chi connectivity index (χ4v) is 1.72. The summed E-state index contributed by atoms with van der Waals surface area (Å²) in [7, 11) is 0. The van der Waals surface area contributed by atoms with E-state index in [1.165, 1.54) is 0 Å². The van der Waals surface area contributed by atoms with E-state index >= 15 is 0 Å². The number of carbonyl (C=O) groups excluding carboxylic acids is 1. The molecule has 6 nitrogen and oxygen atoms in total. The topological polar surface area (TPSA) is 80.3 Å². The highest BCUT2D eigenvalue weighted by atomic mass is 16.4. The highest BCUT2D eigenvalue weighted by molar-refractivity contribution is 5.91. The van der Waals surface area contributed by atoms with Crippen LogP contribution < -0.4 is 5.32 Å². The lowest BCUT2D eigenvalue weighted by molar-refractivity contribution is 0.0886. The van der Waals surface area contributed by atoms with Gasteiger partial charge in [-0.3, -0.25) is 9.48 Å². The fraction of sp³-hybridized carbons (Fsp3) is 0.429. The molecular weight excluding hydrogens is 258 g/mol. The second-order valence-corrected chi connectivity index (χ2v) is 4.89. The minimum atomic E-state index is -0.274. The number of nitrogens with zero attached hydrogens (tertiary/aromatic N) is 2. The average molecular weight is 277 g/mol. The van der Waals surface area contributed by atoms with Crippen LogP contribution in [0.3, 0.4) is 0 Å². The van der Waals surface area contributed by atoms with Crippen molar-refractivity contribution in [3.8, 4) is 0 Å². The van der Waals surface area contributed by atoms with Gasteiger partial charge in [0.1, 0.15) is 5.76 Å². The van der Waals surface area contributed by atoms with Gasteiger partial charge in [0, 0.05) is 25.0 Å². The van der Waals surface area contributed by atoms with Crippen LogP contribution in [-0.4, -0.2) is 33.4 Å². The smallest absolute Gasteiger partial charge is 0.287 e. The fourth-order valence-electron chi connectivity index (χ4n) is 1.72. The van der Waals surface area contributed by atoms with Gasteiger partial charge >= 0.3 is 0 Å². The lowest BCUT2D eigenvalue weighted by atomic mass is 10.1. The van der Waals surface area contributed by atoms with Crippen LogP contribution in [0.15, 0.2) is 35.0 Å². The van der Waals surface area contributed by atoms with Crippen molar-refractivity contribution >= 4 is 5.91 Å². The zero-order valence-electron chi connectivity index (χ0n) is 11.6. The van der Waals surface area contributed by atoms with Crippen LogP contribution in [0.1, 0.15) is 30.2 Å². The molecule has 0 spiro atoms. The predicted molar refractivity (Wildman–Crippen MR) is 73.2 cm³/mol. The quantitative estimate of drug-likeness (QED) is 0.833. The van der Waals surface area contributed by atoms with E-state index in [0.29, 0.717) is 12.3 Å². The molecule has 2 aromatic heterocycles. The van der Waals surface area contributed by atoms with E-state index in [0.717, 1.165) is 0 Å². The maximum atomic E-state index is 12.0. The lowest BCUT2D eigenvalue weighted by Crippen LogP contribution is -2.38. The van der Waals surface area contributed by atoms with Gasteiger partial charge in [-0.05, 0) is 31.0 Å². The van der Waals surface area contributed by atoms with Crippen LogP contribution >= 0.6 is 0 Å². The number of aromatic nitrogens is 2. The monoisotopic (exact) mass is 277 g/mol. The summed E-state index contributed by atoms with van der Waals surface area (Å²) < 4.78 is 7.22. The summed E-state index contributed by atoms with van der Waals surface area (Å²) in [5.74, 6) is 0.660. The van der Waals surface area contributed by atoms with Gasteiger partial charge in [0.25, 0.3) is 5.91 Å². The molecule has 0 saturated carbocycles. The normalized spacial score (nSPS) is 13.9. The van der Waals surface area contributed by atoms with Gasteiger partial charge in [0.15, 0.2) is 5.76 Å². The zero-order chi connectivity index (χ0) is 14.5. The van der Waals surface area contributed by atoms with Gasteiger partial charge in [0.2, 0.25) is 0 Å². The van der Waals surface area contributed by atoms with Crippen molar-refractivity contribution in [1.29, 1.82) is 0 Å². The highest BCUT2D eigenvalue weighted by Gasteiger charge is 2.17. The summed E-state index contributed by atoms with van der Waals surface area (Å²) in [4.78, 5) is 12.0. The summed E-state index contributed by atoms with van der Waals surface area (Å²) in [5.41, 5.74) is 0. The Kier molecular flexibility index (Phi) is 4.57. The van der Waals surface area contributed by atoms with E-state index in [2.05, 4.69) is 10.4 Å². The van der Waals surface area contributed by atoms with Crippen LogP contribution in [0.25, 0.3) is 0 Å².